The molecule has 1 rings (SSSR count). The summed E-state index contributed by atoms with van der Waals surface area (Å²) in [5.41, 5.74) is -0.110. The van der Waals surface area contributed by atoms with Crippen molar-refractivity contribution in [1.82, 2.24) is 15.1 Å². The smallest absolute Gasteiger partial charge is 0.272 e. The Kier molecular flexibility index (Phi) is 5.31. The minimum Gasteiger partial charge on any atom is -0.346 e. The molecule has 1 heterocycles. The van der Waals surface area contributed by atoms with Crippen LogP contribution in [0.5, 0.6) is 0 Å². The van der Waals surface area contributed by atoms with Gasteiger partial charge in [-0.25, -0.2) is 4.68 Å². The van der Waals surface area contributed by atoms with Gasteiger partial charge >= 0.3 is 0 Å². The van der Waals surface area contributed by atoms with Crippen molar-refractivity contribution in [3.8, 4) is 0 Å². The molecule has 1 aromatic rings. The van der Waals surface area contributed by atoms with Gasteiger partial charge in [0.1, 0.15) is 5.69 Å². The van der Waals surface area contributed by atoms with Gasteiger partial charge in [0.2, 0.25) is 0 Å². The summed E-state index contributed by atoms with van der Waals surface area (Å²) in [4.78, 5) is 24.0. The number of carbonyl (C=O) groups excluding carboxylic acids is 1. The van der Waals surface area contributed by atoms with Crippen LogP contribution in [0.3, 0.4) is 0 Å². The van der Waals surface area contributed by atoms with E-state index in [4.69, 9.17) is 0 Å². The third-order valence-corrected chi connectivity index (χ3v) is 2.96. The van der Waals surface area contributed by atoms with Crippen LogP contribution in [-0.2, 0) is 6.54 Å². The molecule has 0 fully saturated rings. The van der Waals surface area contributed by atoms with Gasteiger partial charge in [0.15, 0.2) is 0 Å². The van der Waals surface area contributed by atoms with Crippen molar-refractivity contribution in [2.45, 2.75) is 66.5 Å². The second-order valence-electron chi connectivity index (χ2n) is 7.36. The fourth-order valence-corrected chi connectivity index (χ4v) is 2.68. The lowest BCUT2D eigenvalue weighted by molar-refractivity contribution is 0.0883. The molecule has 5 nitrogen and oxygen atoms in total. The summed E-state index contributed by atoms with van der Waals surface area (Å²) >= 11 is 0. The van der Waals surface area contributed by atoms with Crippen LogP contribution < -0.4 is 10.9 Å². The Morgan fingerprint density at radius 2 is 1.86 bits per heavy atom. The number of rotatable bonds is 5. The third kappa shape index (κ3) is 5.69. The second-order valence-corrected chi connectivity index (χ2v) is 7.36. The molecule has 0 atom stereocenters. The number of carbonyl (C=O) groups is 1. The Balaban J connectivity index is 2.89. The van der Waals surface area contributed by atoms with E-state index < -0.39 is 0 Å². The molecule has 118 valence electrons. The van der Waals surface area contributed by atoms with E-state index in [1.807, 2.05) is 20.8 Å². The number of hydrogen-bond donors (Lipinski definition) is 1. The zero-order chi connectivity index (χ0) is 16.3. The molecular formula is C16H27N3O2. The van der Waals surface area contributed by atoms with Gasteiger partial charge in [-0.2, -0.15) is 5.10 Å². The van der Waals surface area contributed by atoms with Crippen LogP contribution in [-0.4, -0.2) is 21.2 Å². The molecule has 0 spiro atoms. The molecular weight excluding hydrogens is 266 g/mol. The number of nitrogens with one attached hydrogen (secondary N) is 1. The van der Waals surface area contributed by atoms with Crippen LogP contribution in [0.2, 0.25) is 0 Å². The Morgan fingerprint density at radius 3 is 2.38 bits per heavy atom. The summed E-state index contributed by atoms with van der Waals surface area (Å²) < 4.78 is 1.34. The fourth-order valence-electron chi connectivity index (χ4n) is 2.68. The summed E-state index contributed by atoms with van der Waals surface area (Å²) in [7, 11) is 0. The summed E-state index contributed by atoms with van der Waals surface area (Å²) in [6.45, 7) is 12.9. The molecule has 0 saturated carbocycles. The maximum Gasteiger partial charge on any atom is 0.272 e. The number of amides is 1. The molecule has 0 aliphatic rings. The lowest BCUT2D eigenvalue weighted by Gasteiger charge is -2.33. The SMILES string of the molecule is CCCn1nc(C(=O)NC(C)(C)CC(C)(C)C)ccc1=O. The zero-order valence-electron chi connectivity index (χ0n) is 14.0. The average Bonchev–Trinajstić information content (AvgIpc) is 2.28. The normalized spacial score (nSPS) is 12.3. The molecule has 0 aromatic carbocycles. The quantitative estimate of drug-likeness (QED) is 0.907. The summed E-state index contributed by atoms with van der Waals surface area (Å²) in [5.74, 6) is -0.242. The third-order valence-electron chi connectivity index (χ3n) is 2.96. The average molecular weight is 293 g/mol. The molecule has 0 bridgehead atoms. The molecule has 1 N–H and O–H groups in total. The van der Waals surface area contributed by atoms with Gasteiger partial charge in [-0.1, -0.05) is 27.7 Å². The maximum atomic E-state index is 12.3. The van der Waals surface area contributed by atoms with Crippen molar-refractivity contribution >= 4 is 5.91 Å². The van der Waals surface area contributed by atoms with Crippen molar-refractivity contribution in [3.05, 3.63) is 28.2 Å². The van der Waals surface area contributed by atoms with Gasteiger partial charge < -0.3 is 5.32 Å². The fraction of sp³-hybridized carbons (Fsp3) is 0.688. The second kappa shape index (κ2) is 6.41. The summed E-state index contributed by atoms with van der Waals surface area (Å²) in [6, 6.07) is 2.88. The van der Waals surface area contributed by atoms with Crippen LogP contribution in [0.15, 0.2) is 16.9 Å². The summed E-state index contributed by atoms with van der Waals surface area (Å²) in [5, 5.41) is 7.14. The molecule has 0 aliphatic heterocycles. The Labute approximate surface area is 126 Å². The van der Waals surface area contributed by atoms with Crippen molar-refractivity contribution in [1.29, 1.82) is 0 Å². The summed E-state index contributed by atoms with van der Waals surface area (Å²) in [6.07, 6.45) is 1.65. The predicted molar refractivity (Wildman–Crippen MR) is 84.4 cm³/mol. The highest BCUT2D eigenvalue weighted by Gasteiger charge is 2.27. The van der Waals surface area contributed by atoms with E-state index in [0.29, 0.717) is 6.54 Å². The molecule has 0 unspecified atom stereocenters. The molecule has 1 amide bonds. The monoisotopic (exact) mass is 293 g/mol. The van der Waals surface area contributed by atoms with E-state index in [1.54, 1.807) is 0 Å². The minimum atomic E-state index is -0.331. The first-order valence-electron chi connectivity index (χ1n) is 7.45. The van der Waals surface area contributed by atoms with E-state index in [9.17, 15) is 9.59 Å². The Morgan fingerprint density at radius 1 is 1.24 bits per heavy atom. The van der Waals surface area contributed by atoms with Crippen LogP contribution in [0.1, 0.15) is 64.9 Å². The van der Waals surface area contributed by atoms with Crippen LogP contribution in [0.4, 0.5) is 0 Å². The largest absolute Gasteiger partial charge is 0.346 e. The van der Waals surface area contributed by atoms with Crippen molar-refractivity contribution in [2.75, 3.05) is 0 Å². The topological polar surface area (TPSA) is 64.0 Å². The van der Waals surface area contributed by atoms with E-state index in [0.717, 1.165) is 12.8 Å². The van der Waals surface area contributed by atoms with Crippen LogP contribution >= 0.6 is 0 Å². The number of aryl methyl sites for hydroxylation is 1. The Bertz CT molecular complexity index is 553. The zero-order valence-corrected chi connectivity index (χ0v) is 14.0. The van der Waals surface area contributed by atoms with E-state index in [1.165, 1.54) is 16.8 Å². The molecule has 0 saturated heterocycles. The van der Waals surface area contributed by atoms with Crippen LogP contribution in [0, 0.1) is 5.41 Å². The van der Waals surface area contributed by atoms with Crippen molar-refractivity contribution in [2.24, 2.45) is 5.41 Å². The van der Waals surface area contributed by atoms with Gasteiger partial charge in [-0.3, -0.25) is 9.59 Å². The standard InChI is InChI=1S/C16H27N3O2/c1-7-10-19-13(20)9-8-12(18-19)14(21)17-16(5,6)11-15(2,3)4/h8-9H,7,10-11H2,1-6H3,(H,17,21). The van der Waals surface area contributed by atoms with Crippen molar-refractivity contribution in [3.63, 3.8) is 0 Å². The first-order chi connectivity index (χ1) is 9.54. The highest BCUT2D eigenvalue weighted by atomic mass is 16.2. The van der Waals surface area contributed by atoms with Gasteiger partial charge in [0.25, 0.3) is 11.5 Å². The first-order valence-corrected chi connectivity index (χ1v) is 7.45. The lowest BCUT2D eigenvalue weighted by atomic mass is 9.82. The molecule has 0 radical (unpaired) electrons. The first kappa shape index (κ1) is 17.4. The van der Waals surface area contributed by atoms with Crippen molar-refractivity contribution < 1.29 is 4.79 Å². The number of aromatic nitrogens is 2. The highest BCUT2D eigenvalue weighted by Crippen LogP contribution is 2.26. The van der Waals surface area contributed by atoms with E-state index in [2.05, 4.69) is 31.2 Å². The Hall–Kier alpha value is -1.65. The van der Waals surface area contributed by atoms with Crippen LogP contribution in [0.25, 0.3) is 0 Å². The van der Waals surface area contributed by atoms with Gasteiger partial charge in [-0.15, -0.1) is 0 Å². The number of nitrogens with zero attached hydrogens (tertiary/aromatic N) is 2. The highest BCUT2D eigenvalue weighted by molar-refractivity contribution is 5.92. The van der Waals surface area contributed by atoms with E-state index >= 15 is 0 Å². The predicted octanol–water partition coefficient (Wildman–Crippen LogP) is 2.60. The van der Waals surface area contributed by atoms with Gasteiger partial charge in [-0.05, 0) is 38.2 Å². The molecule has 5 heteroatoms. The van der Waals surface area contributed by atoms with Gasteiger partial charge in [0.05, 0.1) is 0 Å². The minimum absolute atomic E-state index is 0.116. The maximum absolute atomic E-state index is 12.3. The molecule has 1 aromatic heterocycles. The van der Waals surface area contributed by atoms with E-state index in [-0.39, 0.29) is 28.1 Å². The number of hydrogen-bond acceptors (Lipinski definition) is 3. The molecule has 0 aliphatic carbocycles. The van der Waals surface area contributed by atoms with Gasteiger partial charge in [0, 0.05) is 18.2 Å². The lowest BCUT2D eigenvalue weighted by Crippen LogP contribution is -2.46. The molecule has 21 heavy (non-hydrogen) atoms.